The van der Waals surface area contributed by atoms with Gasteiger partial charge in [0.25, 0.3) is 0 Å². The summed E-state index contributed by atoms with van der Waals surface area (Å²) in [5.74, 6) is -1.25. The van der Waals surface area contributed by atoms with Crippen molar-refractivity contribution in [3.63, 3.8) is 0 Å². The molecule has 2 aliphatic heterocycles. The highest BCUT2D eigenvalue weighted by Gasteiger charge is 2.38. The largest absolute Gasteiger partial charge is 0.466 e. The molecule has 2 aliphatic rings. The second kappa shape index (κ2) is 8.77. The molecule has 0 radical (unpaired) electrons. The maximum atomic E-state index is 11.6. The topological polar surface area (TPSA) is 66.5 Å². The predicted octanol–water partition coefficient (Wildman–Crippen LogP) is 1.93. The molecule has 0 aromatic carbocycles. The Labute approximate surface area is 150 Å². The zero-order chi connectivity index (χ0) is 18.5. The highest BCUT2D eigenvalue weighted by molar-refractivity contribution is 5.69. The summed E-state index contributed by atoms with van der Waals surface area (Å²) < 4.78 is 28.3. The van der Waals surface area contributed by atoms with E-state index in [1.165, 1.54) is 0 Å². The number of hydrogen-bond acceptors (Lipinski definition) is 7. The van der Waals surface area contributed by atoms with Crippen LogP contribution in [0.4, 0.5) is 0 Å². The number of hydrogen-bond donors (Lipinski definition) is 0. The van der Waals surface area contributed by atoms with Crippen molar-refractivity contribution in [1.82, 2.24) is 4.90 Å². The molecule has 0 amide bonds. The lowest BCUT2D eigenvalue weighted by Crippen LogP contribution is -2.58. The number of ether oxygens (including phenoxy) is 5. The first-order chi connectivity index (χ1) is 11.7. The lowest BCUT2D eigenvalue weighted by atomic mass is 10.1. The summed E-state index contributed by atoms with van der Waals surface area (Å²) in [5.41, 5.74) is 0. The van der Waals surface area contributed by atoms with Crippen LogP contribution in [0.2, 0.25) is 0 Å². The first-order valence-corrected chi connectivity index (χ1v) is 9.19. The Balaban J connectivity index is 1.93. The molecule has 146 valence electrons. The summed E-state index contributed by atoms with van der Waals surface area (Å²) in [6, 6.07) is 0.238. The van der Waals surface area contributed by atoms with Crippen LogP contribution in [-0.4, -0.2) is 74.1 Å². The average Bonchev–Trinajstić information content (AvgIpc) is 2.53. The Hall–Kier alpha value is -0.730. The van der Waals surface area contributed by atoms with Crippen LogP contribution in [0.1, 0.15) is 47.5 Å². The van der Waals surface area contributed by atoms with E-state index in [1.807, 2.05) is 34.6 Å². The van der Waals surface area contributed by atoms with Crippen molar-refractivity contribution < 1.29 is 28.5 Å². The molecule has 2 saturated heterocycles. The van der Waals surface area contributed by atoms with Gasteiger partial charge in [0.05, 0.1) is 45.1 Å². The molecule has 0 unspecified atom stereocenters. The van der Waals surface area contributed by atoms with Crippen molar-refractivity contribution in [2.24, 2.45) is 0 Å². The van der Waals surface area contributed by atoms with Gasteiger partial charge in [0, 0.05) is 6.42 Å². The smallest absolute Gasteiger partial charge is 0.305 e. The first kappa shape index (κ1) is 20.6. The zero-order valence-corrected chi connectivity index (χ0v) is 16.2. The van der Waals surface area contributed by atoms with Crippen LogP contribution < -0.4 is 0 Å². The van der Waals surface area contributed by atoms with Gasteiger partial charge in [-0.1, -0.05) is 0 Å². The summed E-state index contributed by atoms with van der Waals surface area (Å²) in [5, 5.41) is 0. The maximum absolute atomic E-state index is 11.6. The zero-order valence-electron chi connectivity index (χ0n) is 16.2. The van der Waals surface area contributed by atoms with E-state index in [0.717, 1.165) is 13.0 Å². The van der Waals surface area contributed by atoms with Crippen molar-refractivity contribution in [1.29, 1.82) is 0 Å². The molecule has 0 spiro atoms. The van der Waals surface area contributed by atoms with E-state index in [1.54, 1.807) is 0 Å². The van der Waals surface area contributed by atoms with Crippen molar-refractivity contribution >= 4 is 5.97 Å². The minimum atomic E-state index is -0.547. The molecule has 25 heavy (non-hydrogen) atoms. The summed E-state index contributed by atoms with van der Waals surface area (Å²) in [4.78, 5) is 13.9. The molecule has 2 rings (SSSR count). The third-order valence-electron chi connectivity index (χ3n) is 4.53. The Morgan fingerprint density at radius 2 is 1.40 bits per heavy atom. The van der Waals surface area contributed by atoms with E-state index in [4.69, 9.17) is 23.7 Å². The SMILES string of the molecule is CCOC(=O)CCCN(C1COC(C)(C)OC1)C1COC(C)(C)OC1. The monoisotopic (exact) mass is 359 g/mol. The minimum absolute atomic E-state index is 0.119. The molecule has 0 aromatic rings. The number of nitrogens with zero attached hydrogens (tertiary/aromatic N) is 1. The normalized spacial score (nSPS) is 24.4. The van der Waals surface area contributed by atoms with Crippen molar-refractivity contribution in [2.45, 2.75) is 71.1 Å². The standard InChI is InChI=1S/C18H33NO6/c1-6-21-16(20)8-7-9-19(14-10-22-17(2,3)23-11-14)15-12-24-18(4,5)25-13-15/h14-15H,6-13H2,1-5H3. The molecule has 0 atom stereocenters. The molecule has 0 N–H and O–H groups in total. The van der Waals surface area contributed by atoms with Gasteiger partial charge in [0.1, 0.15) is 0 Å². The van der Waals surface area contributed by atoms with E-state index >= 15 is 0 Å². The van der Waals surface area contributed by atoms with Gasteiger partial charge in [-0.2, -0.15) is 0 Å². The van der Waals surface area contributed by atoms with Crippen LogP contribution in [0, 0.1) is 0 Å². The van der Waals surface area contributed by atoms with Crippen LogP contribution >= 0.6 is 0 Å². The van der Waals surface area contributed by atoms with Gasteiger partial charge in [0.2, 0.25) is 0 Å². The summed E-state index contributed by atoms with van der Waals surface area (Å²) in [6.07, 6.45) is 1.13. The highest BCUT2D eigenvalue weighted by atomic mass is 16.7. The predicted molar refractivity (Wildman–Crippen MR) is 92.1 cm³/mol. The van der Waals surface area contributed by atoms with Crippen LogP contribution in [0.5, 0.6) is 0 Å². The van der Waals surface area contributed by atoms with Crippen molar-refractivity contribution in [2.75, 3.05) is 39.6 Å². The molecular weight excluding hydrogens is 326 g/mol. The van der Waals surface area contributed by atoms with Crippen molar-refractivity contribution in [3.8, 4) is 0 Å². The highest BCUT2D eigenvalue weighted by Crippen LogP contribution is 2.25. The average molecular weight is 359 g/mol. The van der Waals surface area contributed by atoms with Gasteiger partial charge < -0.3 is 23.7 Å². The van der Waals surface area contributed by atoms with Crippen LogP contribution in [0.15, 0.2) is 0 Å². The van der Waals surface area contributed by atoms with E-state index in [-0.39, 0.29) is 18.1 Å². The van der Waals surface area contributed by atoms with Gasteiger partial charge >= 0.3 is 5.97 Å². The molecule has 2 fully saturated rings. The van der Waals surface area contributed by atoms with Gasteiger partial charge in [-0.25, -0.2) is 0 Å². The Bertz CT molecular complexity index is 391. The summed E-state index contributed by atoms with van der Waals surface area (Å²) >= 11 is 0. The van der Waals surface area contributed by atoms with E-state index < -0.39 is 11.6 Å². The Morgan fingerprint density at radius 1 is 0.960 bits per heavy atom. The van der Waals surface area contributed by atoms with Gasteiger partial charge in [-0.05, 0) is 47.6 Å². The minimum Gasteiger partial charge on any atom is -0.466 e. The fraction of sp³-hybridized carbons (Fsp3) is 0.944. The molecule has 0 aromatic heterocycles. The quantitative estimate of drug-likeness (QED) is 0.644. The lowest BCUT2D eigenvalue weighted by molar-refractivity contribution is -0.288. The third kappa shape index (κ3) is 6.49. The Kier molecular flexibility index (Phi) is 7.22. The molecule has 0 saturated carbocycles. The van der Waals surface area contributed by atoms with E-state index in [2.05, 4.69) is 4.90 Å². The van der Waals surface area contributed by atoms with Crippen LogP contribution in [-0.2, 0) is 28.5 Å². The van der Waals surface area contributed by atoms with Crippen LogP contribution in [0.25, 0.3) is 0 Å². The van der Waals surface area contributed by atoms with Gasteiger partial charge in [-0.15, -0.1) is 0 Å². The number of carbonyl (C=O) groups is 1. The third-order valence-corrected chi connectivity index (χ3v) is 4.53. The summed E-state index contributed by atoms with van der Waals surface area (Å²) in [7, 11) is 0. The molecule has 2 heterocycles. The van der Waals surface area contributed by atoms with Gasteiger partial charge in [0.15, 0.2) is 11.6 Å². The second-order valence-corrected chi connectivity index (χ2v) is 7.50. The van der Waals surface area contributed by atoms with Crippen LogP contribution in [0.3, 0.4) is 0 Å². The summed E-state index contributed by atoms with van der Waals surface area (Å²) in [6.45, 7) is 13.0. The fourth-order valence-electron chi connectivity index (χ4n) is 3.05. The number of esters is 1. The molecule has 7 nitrogen and oxygen atoms in total. The number of carbonyl (C=O) groups excluding carboxylic acids is 1. The fourth-order valence-corrected chi connectivity index (χ4v) is 3.05. The second-order valence-electron chi connectivity index (χ2n) is 7.50. The molecule has 7 heteroatoms. The first-order valence-electron chi connectivity index (χ1n) is 9.19. The van der Waals surface area contributed by atoms with Gasteiger partial charge in [-0.3, -0.25) is 9.69 Å². The molecule has 0 bridgehead atoms. The van der Waals surface area contributed by atoms with E-state index in [0.29, 0.717) is 39.5 Å². The lowest BCUT2D eigenvalue weighted by Gasteiger charge is -2.46. The maximum Gasteiger partial charge on any atom is 0.305 e. The number of rotatable bonds is 7. The van der Waals surface area contributed by atoms with E-state index in [9.17, 15) is 4.79 Å². The molecular formula is C18H33NO6. The Morgan fingerprint density at radius 3 is 1.80 bits per heavy atom. The van der Waals surface area contributed by atoms with Crippen molar-refractivity contribution in [3.05, 3.63) is 0 Å². The molecule has 0 aliphatic carbocycles.